The zero-order valence-electron chi connectivity index (χ0n) is 9.89. The molecular formula is C13H15Br2NO. The van der Waals surface area contributed by atoms with Gasteiger partial charge in [-0.15, -0.1) is 0 Å². The van der Waals surface area contributed by atoms with Crippen molar-refractivity contribution < 1.29 is 4.42 Å². The molecule has 1 N–H and O–H groups in total. The van der Waals surface area contributed by atoms with E-state index in [2.05, 4.69) is 63.2 Å². The number of halogens is 2. The first-order chi connectivity index (χ1) is 8.06. The lowest BCUT2D eigenvalue weighted by Crippen LogP contribution is -2.18. The van der Waals surface area contributed by atoms with E-state index >= 15 is 0 Å². The summed E-state index contributed by atoms with van der Waals surface area (Å²) in [6.07, 6.45) is 0. The molecule has 1 aromatic heterocycles. The Kier molecular flexibility index (Phi) is 4.28. The number of rotatable bonds is 4. The minimum Gasteiger partial charge on any atom is -0.459 e. The van der Waals surface area contributed by atoms with Gasteiger partial charge in [0, 0.05) is 9.86 Å². The van der Waals surface area contributed by atoms with Gasteiger partial charge in [0.15, 0.2) is 0 Å². The number of nitrogens with one attached hydrogen (secondary N) is 1. The Balaban J connectivity index is 2.17. The van der Waals surface area contributed by atoms with Crippen molar-refractivity contribution >= 4 is 42.8 Å². The van der Waals surface area contributed by atoms with Gasteiger partial charge in [-0.2, -0.15) is 0 Å². The molecule has 4 heteroatoms. The van der Waals surface area contributed by atoms with Crippen LogP contribution in [-0.2, 0) is 6.54 Å². The zero-order valence-corrected chi connectivity index (χ0v) is 13.1. The first-order valence-corrected chi connectivity index (χ1v) is 7.23. The lowest BCUT2D eigenvalue weighted by Gasteiger charge is -2.04. The van der Waals surface area contributed by atoms with Gasteiger partial charge >= 0.3 is 0 Å². The van der Waals surface area contributed by atoms with Crippen LogP contribution in [0.4, 0.5) is 0 Å². The van der Waals surface area contributed by atoms with Gasteiger partial charge in [0.2, 0.25) is 0 Å². The average molecular weight is 361 g/mol. The van der Waals surface area contributed by atoms with Crippen molar-refractivity contribution in [1.29, 1.82) is 0 Å². The van der Waals surface area contributed by atoms with Gasteiger partial charge in [-0.1, -0.05) is 29.8 Å². The van der Waals surface area contributed by atoms with Crippen molar-refractivity contribution in [3.63, 3.8) is 0 Å². The molecule has 0 atom stereocenters. The summed E-state index contributed by atoms with van der Waals surface area (Å²) >= 11 is 6.99. The van der Waals surface area contributed by atoms with Crippen molar-refractivity contribution in [2.24, 2.45) is 5.92 Å². The third-order valence-corrected chi connectivity index (χ3v) is 3.49. The molecule has 92 valence electrons. The van der Waals surface area contributed by atoms with Crippen molar-refractivity contribution in [2.75, 3.05) is 6.54 Å². The summed E-state index contributed by atoms with van der Waals surface area (Å²) in [5.74, 6) is 1.62. The van der Waals surface area contributed by atoms with E-state index in [9.17, 15) is 0 Å². The Bertz CT molecular complexity index is 519. The van der Waals surface area contributed by atoms with Crippen molar-refractivity contribution in [3.05, 3.63) is 32.9 Å². The van der Waals surface area contributed by atoms with E-state index in [0.29, 0.717) is 5.92 Å². The van der Waals surface area contributed by atoms with Crippen LogP contribution in [-0.4, -0.2) is 6.54 Å². The van der Waals surface area contributed by atoms with Crippen molar-refractivity contribution in [2.45, 2.75) is 20.4 Å². The Hall–Kier alpha value is -0.320. The molecule has 0 aliphatic carbocycles. The first kappa shape index (κ1) is 13.1. The van der Waals surface area contributed by atoms with E-state index in [1.165, 1.54) is 0 Å². The maximum absolute atomic E-state index is 5.81. The molecule has 0 spiro atoms. The quantitative estimate of drug-likeness (QED) is 0.854. The highest BCUT2D eigenvalue weighted by Crippen LogP contribution is 2.30. The molecule has 1 heterocycles. The van der Waals surface area contributed by atoms with E-state index < -0.39 is 0 Å². The van der Waals surface area contributed by atoms with Gasteiger partial charge in [-0.05, 0) is 46.6 Å². The standard InChI is InChI=1S/C13H15Br2NO/c1-8(2)6-16-7-11-4-9-3-10(14)5-12(15)13(9)17-11/h3-5,8,16H,6-7H2,1-2H3. The fourth-order valence-corrected chi connectivity index (χ4v) is 3.04. The molecular weight excluding hydrogens is 346 g/mol. The van der Waals surface area contributed by atoms with Gasteiger partial charge in [-0.25, -0.2) is 0 Å². The Morgan fingerprint density at radius 3 is 2.71 bits per heavy atom. The average Bonchev–Trinajstić information content (AvgIpc) is 2.60. The maximum atomic E-state index is 5.81. The smallest absolute Gasteiger partial charge is 0.148 e. The molecule has 0 aliphatic heterocycles. The fourth-order valence-electron chi connectivity index (χ4n) is 1.70. The molecule has 0 bridgehead atoms. The predicted octanol–water partition coefficient (Wildman–Crippen LogP) is 4.70. The number of furan rings is 1. The van der Waals surface area contributed by atoms with Crippen molar-refractivity contribution in [1.82, 2.24) is 5.32 Å². The van der Waals surface area contributed by atoms with E-state index in [-0.39, 0.29) is 0 Å². The van der Waals surface area contributed by atoms with Crippen LogP contribution in [0, 0.1) is 5.92 Å². The van der Waals surface area contributed by atoms with Gasteiger partial charge in [-0.3, -0.25) is 0 Å². The third kappa shape index (κ3) is 3.33. The summed E-state index contributed by atoms with van der Waals surface area (Å²) in [6, 6.07) is 6.14. The van der Waals surface area contributed by atoms with E-state index in [1.807, 2.05) is 6.07 Å². The minimum absolute atomic E-state index is 0.653. The van der Waals surface area contributed by atoms with E-state index in [4.69, 9.17) is 4.42 Å². The molecule has 2 rings (SSSR count). The molecule has 0 fully saturated rings. The second-order valence-electron chi connectivity index (χ2n) is 4.54. The van der Waals surface area contributed by atoms with Gasteiger partial charge < -0.3 is 9.73 Å². The lowest BCUT2D eigenvalue weighted by molar-refractivity contribution is 0.484. The normalized spacial score (nSPS) is 11.6. The van der Waals surface area contributed by atoms with Crippen molar-refractivity contribution in [3.8, 4) is 0 Å². The summed E-state index contributed by atoms with van der Waals surface area (Å²) in [7, 11) is 0. The van der Waals surface area contributed by atoms with Gasteiger partial charge in [0.1, 0.15) is 11.3 Å². The van der Waals surface area contributed by atoms with Gasteiger partial charge in [0.05, 0.1) is 11.0 Å². The Morgan fingerprint density at radius 2 is 2.00 bits per heavy atom. The van der Waals surface area contributed by atoms with Crippen LogP contribution in [0.15, 0.2) is 31.6 Å². The molecule has 0 unspecified atom stereocenters. The predicted molar refractivity (Wildman–Crippen MR) is 78.2 cm³/mol. The molecule has 0 amide bonds. The number of fused-ring (bicyclic) bond motifs is 1. The minimum atomic E-state index is 0.653. The lowest BCUT2D eigenvalue weighted by atomic mass is 10.2. The highest BCUT2D eigenvalue weighted by Gasteiger charge is 2.08. The molecule has 2 aromatic rings. The molecule has 0 aliphatic rings. The molecule has 0 saturated heterocycles. The second kappa shape index (κ2) is 5.55. The van der Waals surface area contributed by atoms with Crippen LogP contribution < -0.4 is 5.32 Å². The fraction of sp³-hybridized carbons (Fsp3) is 0.385. The highest BCUT2D eigenvalue weighted by atomic mass is 79.9. The van der Waals surface area contributed by atoms with Crippen LogP contribution in [0.2, 0.25) is 0 Å². The third-order valence-electron chi connectivity index (χ3n) is 2.44. The largest absolute Gasteiger partial charge is 0.459 e. The molecule has 0 saturated carbocycles. The van der Waals surface area contributed by atoms with Crippen LogP contribution in [0.3, 0.4) is 0 Å². The number of benzene rings is 1. The van der Waals surface area contributed by atoms with E-state index in [1.54, 1.807) is 0 Å². The molecule has 2 nitrogen and oxygen atoms in total. The van der Waals surface area contributed by atoms with Crippen LogP contribution in [0.1, 0.15) is 19.6 Å². The molecule has 0 radical (unpaired) electrons. The summed E-state index contributed by atoms with van der Waals surface area (Å²) < 4.78 is 7.84. The molecule has 17 heavy (non-hydrogen) atoms. The van der Waals surface area contributed by atoms with E-state index in [0.717, 1.165) is 38.8 Å². The van der Waals surface area contributed by atoms with Gasteiger partial charge in [0.25, 0.3) is 0 Å². The topological polar surface area (TPSA) is 25.2 Å². The first-order valence-electron chi connectivity index (χ1n) is 5.64. The summed E-state index contributed by atoms with van der Waals surface area (Å²) in [4.78, 5) is 0. The summed E-state index contributed by atoms with van der Waals surface area (Å²) in [5, 5.41) is 4.49. The SMILES string of the molecule is CC(C)CNCc1cc2cc(Br)cc(Br)c2o1. The maximum Gasteiger partial charge on any atom is 0.148 e. The van der Waals surface area contributed by atoms with Crippen LogP contribution >= 0.6 is 31.9 Å². The Morgan fingerprint density at radius 1 is 1.24 bits per heavy atom. The molecule has 1 aromatic carbocycles. The Labute approximate surface area is 118 Å². The zero-order chi connectivity index (χ0) is 12.4. The number of hydrogen-bond acceptors (Lipinski definition) is 2. The summed E-state index contributed by atoms with van der Waals surface area (Å²) in [6.45, 7) is 6.16. The van der Waals surface area contributed by atoms with Crippen LogP contribution in [0.5, 0.6) is 0 Å². The number of hydrogen-bond donors (Lipinski definition) is 1. The monoisotopic (exact) mass is 359 g/mol. The van der Waals surface area contributed by atoms with Crippen LogP contribution in [0.25, 0.3) is 11.0 Å². The summed E-state index contributed by atoms with van der Waals surface area (Å²) in [5.41, 5.74) is 0.912. The second-order valence-corrected chi connectivity index (χ2v) is 6.31. The highest BCUT2D eigenvalue weighted by molar-refractivity contribution is 9.11.